The van der Waals surface area contributed by atoms with Crippen LogP contribution in [-0.4, -0.2) is 62.0 Å². The molecular formula is C10H22N2O3S. The van der Waals surface area contributed by atoms with Crippen LogP contribution in [0.1, 0.15) is 6.92 Å². The fraction of sp³-hybridized carbons (Fsp3) is 0.900. The average molecular weight is 250 g/mol. The molecule has 5 nitrogen and oxygen atoms in total. The summed E-state index contributed by atoms with van der Waals surface area (Å²) in [6.45, 7) is 3.40. The maximum absolute atomic E-state index is 11.2. The van der Waals surface area contributed by atoms with E-state index in [0.717, 1.165) is 0 Å². The minimum Gasteiger partial charge on any atom is -0.388 e. The van der Waals surface area contributed by atoms with E-state index in [9.17, 15) is 9.90 Å². The van der Waals surface area contributed by atoms with E-state index in [4.69, 9.17) is 4.74 Å². The van der Waals surface area contributed by atoms with Crippen LogP contribution in [0.2, 0.25) is 0 Å². The minimum absolute atomic E-state index is 0.0861. The van der Waals surface area contributed by atoms with E-state index in [1.54, 1.807) is 25.8 Å². The number of nitrogens with one attached hydrogen (secondary N) is 2. The number of aliphatic hydroxyl groups is 1. The zero-order valence-corrected chi connectivity index (χ0v) is 11.0. The van der Waals surface area contributed by atoms with E-state index in [1.807, 2.05) is 6.26 Å². The van der Waals surface area contributed by atoms with Crippen LogP contribution in [-0.2, 0) is 9.53 Å². The van der Waals surface area contributed by atoms with E-state index < -0.39 is 5.60 Å². The van der Waals surface area contributed by atoms with Gasteiger partial charge in [0, 0.05) is 26.0 Å². The molecule has 0 heterocycles. The lowest BCUT2D eigenvalue weighted by Gasteiger charge is -2.22. The summed E-state index contributed by atoms with van der Waals surface area (Å²) in [5, 5.41) is 15.4. The summed E-state index contributed by atoms with van der Waals surface area (Å²) in [4.78, 5) is 11.2. The van der Waals surface area contributed by atoms with Crippen LogP contribution < -0.4 is 10.6 Å². The normalized spacial score (nSPS) is 14.5. The first-order chi connectivity index (χ1) is 7.52. The predicted octanol–water partition coefficient (Wildman–Crippen LogP) is -0.547. The van der Waals surface area contributed by atoms with Crippen molar-refractivity contribution in [2.24, 2.45) is 0 Å². The van der Waals surface area contributed by atoms with Gasteiger partial charge in [-0.15, -0.1) is 0 Å². The zero-order valence-electron chi connectivity index (χ0n) is 10.2. The largest absolute Gasteiger partial charge is 0.388 e. The highest BCUT2D eigenvalue weighted by Crippen LogP contribution is 2.08. The van der Waals surface area contributed by atoms with E-state index in [2.05, 4.69) is 10.6 Å². The molecule has 0 aromatic heterocycles. The maximum Gasteiger partial charge on any atom is 0.234 e. The number of ether oxygens (including phenoxy) is 1. The third-order valence-corrected chi connectivity index (χ3v) is 2.79. The summed E-state index contributed by atoms with van der Waals surface area (Å²) in [7, 11) is 1.59. The van der Waals surface area contributed by atoms with Crippen molar-refractivity contribution in [3.63, 3.8) is 0 Å². The molecule has 0 aliphatic heterocycles. The lowest BCUT2D eigenvalue weighted by Crippen LogP contribution is -2.44. The van der Waals surface area contributed by atoms with Gasteiger partial charge in [0.1, 0.15) is 0 Å². The molecule has 0 radical (unpaired) electrons. The van der Waals surface area contributed by atoms with Crippen LogP contribution in [0.3, 0.4) is 0 Å². The van der Waals surface area contributed by atoms with Crippen LogP contribution in [0, 0.1) is 0 Å². The Labute approximate surface area is 101 Å². The molecule has 16 heavy (non-hydrogen) atoms. The maximum atomic E-state index is 11.2. The van der Waals surface area contributed by atoms with E-state index in [1.165, 1.54) is 0 Å². The molecule has 0 rings (SSSR count). The van der Waals surface area contributed by atoms with Gasteiger partial charge < -0.3 is 20.5 Å². The molecule has 0 fully saturated rings. The van der Waals surface area contributed by atoms with Gasteiger partial charge in [0.15, 0.2) is 0 Å². The standard InChI is InChI=1S/C10H22N2O3S/c1-10(14,8-16-3)7-11-6-9(13)12-4-5-15-2/h11,14H,4-8H2,1-3H3,(H,12,13). The van der Waals surface area contributed by atoms with E-state index >= 15 is 0 Å². The molecular weight excluding hydrogens is 228 g/mol. The van der Waals surface area contributed by atoms with Crippen LogP contribution in [0.5, 0.6) is 0 Å². The Kier molecular flexibility index (Phi) is 8.64. The second-order valence-corrected chi connectivity index (χ2v) is 4.74. The molecule has 0 aromatic rings. The number of carbonyl (C=O) groups is 1. The molecule has 96 valence electrons. The molecule has 1 atom stereocenters. The van der Waals surface area contributed by atoms with Gasteiger partial charge in [-0.2, -0.15) is 11.8 Å². The third-order valence-electron chi connectivity index (χ3n) is 1.88. The Bertz CT molecular complexity index is 201. The second kappa shape index (κ2) is 8.81. The fourth-order valence-electron chi connectivity index (χ4n) is 1.16. The molecule has 3 N–H and O–H groups in total. The van der Waals surface area contributed by atoms with Crippen molar-refractivity contribution < 1.29 is 14.6 Å². The van der Waals surface area contributed by atoms with Crippen LogP contribution in [0.15, 0.2) is 0 Å². The molecule has 0 aromatic carbocycles. The van der Waals surface area contributed by atoms with Gasteiger partial charge in [-0.3, -0.25) is 4.79 Å². The molecule has 0 aliphatic rings. The van der Waals surface area contributed by atoms with Crippen molar-refractivity contribution in [1.82, 2.24) is 10.6 Å². The highest BCUT2D eigenvalue weighted by atomic mass is 32.2. The van der Waals surface area contributed by atoms with Gasteiger partial charge in [0.2, 0.25) is 5.91 Å². The summed E-state index contributed by atoms with van der Waals surface area (Å²) in [5.74, 6) is 0.558. The Balaban J connectivity index is 3.53. The molecule has 6 heteroatoms. The van der Waals surface area contributed by atoms with Crippen LogP contribution in [0.25, 0.3) is 0 Å². The average Bonchev–Trinajstić information content (AvgIpc) is 2.17. The van der Waals surface area contributed by atoms with Crippen LogP contribution >= 0.6 is 11.8 Å². The quantitative estimate of drug-likeness (QED) is 0.479. The summed E-state index contributed by atoms with van der Waals surface area (Å²) >= 11 is 1.58. The monoisotopic (exact) mass is 250 g/mol. The molecule has 1 unspecified atom stereocenters. The van der Waals surface area contributed by atoms with E-state index in [-0.39, 0.29) is 12.5 Å². The minimum atomic E-state index is -0.772. The first-order valence-electron chi connectivity index (χ1n) is 5.19. The smallest absolute Gasteiger partial charge is 0.234 e. The van der Waals surface area contributed by atoms with Crippen molar-refractivity contribution in [3.05, 3.63) is 0 Å². The lowest BCUT2D eigenvalue weighted by molar-refractivity contribution is -0.120. The van der Waals surface area contributed by atoms with Crippen molar-refractivity contribution in [2.75, 3.05) is 45.4 Å². The van der Waals surface area contributed by atoms with Gasteiger partial charge >= 0.3 is 0 Å². The summed E-state index contributed by atoms with van der Waals surface area (Å²) < 4.78 is 4.81. The summed E-state index contributed by atoms with van der Waals surface area (Å²) in [5.41, 5.74) is -0.772. The second-order valence-electron chi connectivity index (χ2n) is 3.88. The Morgan fingerprint density at radius 1 is 1.56 bits per heavy atom. The molecule has 1 amide bonds. The highest BCUT2D eigenvalue weighted by molar-refractivity contribution is 7.98. The lowest BCUT2D eigenvalue weighted by atomic mass is 10.1. The summed E-state index contributed by atoms with van der Waals surface area (Å²) in [6.07, 6.45) is 1.94. The number of amides is 1. The third kappa shape index (κ3) is 8.96. The highest BCUT2D eigenvalue weighted by Gasteiger charge is 2.18. The first-order valence-corrected chi connectivity index (χ1v) is 6.59. The number of rotatable bonds is 9. The van der Waals surface area contributed by atoms with Gasteiger partial charge in [0.05, 0.1) is 18.8 Å². The number of carbonyl (C=O) groups excluding carboxylic acids is 1. The number of hydrogen-bond donors (Lipinski definition) is 3. The van der Waals surface area contributed by atoms with E-state index in [0.29, 0.717) is 25.4 Å². The topological polar surface area (TPSA) is 70.6 Å². The van der Waals surface area contributed by atoms with Crippen LogP contribution in [0.4, 0.5) is 0 Å². The van der Waals surface area contributed by atoms with Crippen molar-refractivity contribution in [2.45, 2.75) is 12.5 Å². The molecule has 0 saturated heterocycles. The van der Waals surface area contributed by atoms with Gasteiger partial charge in [0.25, 0.3) is 0 Å². The Morgan fingerprint density at radius 2 is 2.25 bits per heavy atom. The van der Waals surface area contributed by atoms with Gasteiger partial charge in [-0.1, -0.05) is 0 Å². The molecule has 0 saturated carbocycles. The molecule has 0 bridgehead atoms. The summed E-state index contributed by atoms with van der Waals surface area (Å²) in [6, 6.07) is 0. The number of methoxy groups -OCH3 is 1. The van der Waals surface area contributed by atoms with Crippen molar-refractivity contribution >= 4 is 17.7 Å². The predicted molar refractivity (Wildman–Crippen MR) is 66.8 cm³/mol. The Morgan fingerprint density at radius 3 is 2.81 bits per heavy atom. The number of thioether (sulfide) groups is 1. The SMILES string of the molecule is COCCNC(=O)CNCC(C)(O)CSC. The van der Waals surface area contributed by atoms with Gasteiger partial charge in [-0.25, -0.2) is 0 Å². The molecule has 0 aliphatic carbocycles. The first kappa shape index (κ1) is 15.7. The van der Waals surface area contributed by atoms with Crippen molar-refractivity contribution in [3.8, 4) is 0 Å². The van der Waals surface area contributed by atoms with Gasteiger partial charge in [-0.05, 0) is 13.2 Å². The van der Waals surface area contributed by atoms with Crippen molar-refractivity contribution in [1.29, 1.82) is 0 Å². The molecule has 0 spiro atoms. The fourth-order valence-corrected chi connectivity index (χ4v) is 1.89. The zero-order chi connectivity index (χ0) is 12.4. The number of hydrogen-bond acceptors (Lipinski definition) is 5. The Hall–Kier alpha value is -0.300.